The summed E-state index contributed by atoms with van der Waals surface area (Å²) in [6.45, 7) is 2.74. The molecule has 0 aromatic heterocycles. The summed E-state index contributed by atoms with van der Waals surface area (Å²) in [5.41, 5.74) is 0. The van der Waals surface area contributed by atoms with Gasteiger partial charge < -0.3 is 9.84 Å². The topological polar surface area (TPSA) is 29.5 Å². The highest BCUT2D eigenvalue weighted by Gasteiger charge is 2.01. The third-order valence-corrected chi connectivity index (χ3v) is 3.00. The zero-order valence-corrected chi connectivity index (χ0v) is 11.2. The van der Waals surface area contributed by atoms with Crippen LogP contribution in [-0.2, 0) is 4.74 Å². The van der Waals surface area contributed by atoms with E-state index < -0.39 is 0 Å². The second-order valence-corrected chi connectivity index (χ2v) is 4.73. The van der Waals surface area contributed by atoms with Gasteiger partial charge in [-0.1, -0.05) is 64.7 Å². The summed E-state index contributed by atoms with van der Waals surface area (Å²) in [4.78, 5) is 0. The van der Waals surface area contributed by atoms with Crippen molar-refractivity contribution in [2.24, 2.45) is 0 Å². The largest absolute Gasteiger partial charge is 0.391 e. The van der Waals surface area contributed by atoms with Crippen LogP contribution in [0, 0.1) is 0 Å². The molecule has 0 aliphatic heterocycles. The number of aliphatic hydroxyl groups is 1. The lowest BCUT2D eigenvalue weighted by Crippen LogP contribution is -2.13. The molecule has 0 amide bonds. The summed E-state index contributed by atoms with van der Waals surface area (Å²) in [5, 5.41) is 9.42. The maximum Gasteiger partial charge on any atom is 0.0773 e. The van der Waals surface area contributed by atoms with Crippen LogP contribution in [0.4, 0.5) is 0 Å². The number of rotatable bonds is 12. The lowest BCUT2D eigenvalue weighted by atomic mass is 10.1. The molecule has 98 valence electrons. The van der Waals surface area contributed by atoms with Crippen LogP contribution in [0.1, 0.15) is 71.1 Å². The van der Waals surface area contributed by atoms with Gasteiger partial charge in [0.15, 0.2) is 0 Å². The second kappa shape index (κ2) is 13.0. The van der Waals surface area contributed by atoms with Crippen molar-refractivity contribution >= 4 is 0 Å². The first kappa shape index (κ1) is 15.9. The van der Waals surface area contributed by atoms with Crippen LogP contribution in [0.2, 0.25) is 0 Å². The highest BCUT2D eigenvalue weighted by atomic mass is 16.5. The molecule has 2 nitrogen and oxygen atoms in total. The number of hydrogen-bond acceptors (Lipinski definition) is 2. The Morgan fingerprint density at radius 3 is 1.88 bits per heavy atom. The van der Waals surface area contributed by atoms with E-state index in [0.29, 0.717) is 6.61 Å². The Morgan fingerprint density at radius 2 is 1.38 bits per heavy atom. The van der Waals surface area contributed by atoms with E-state index in [1.54, 1.807) is 7.11 Å². The first-order chi connectivity index (χ1) is 7.81. The highest BCUT2D eigenvalue weighted by Crippen LogP contribution is 2.11. The SMILES string of the molecule is CCCCCCCCCCCC(O)COC. The quantitative estimate of drug-likeness (QED) is 0.515. The molecule has 1 unspecified atom stereocenters. The first-order valence-corrected chi connectivity index (χ1v) is 6.98. The Labute approximate surface area is 101 Å². The summed E-state index contributed by atoms with van der Waals surface area (Å²) in [7, 11) is 1.64. The summed E-state index contributed by atoms with van der Waals surface area (Å²) in [5.74, 6) is 0. The van der Waals surface area contributed by atoms with E-state index in [1.165, 1.54) is 51.4 Å². The zero-order valence-electron chi connectivity index (χ0n) is 11.2. The van der Waals surface area contributed by atoms with Crippen molar-refractivity contribution in [2.75, 3.05) is 13.7 Å². The Kier molecular flexibility index (Phi) is 12.9. The van der Waals surface area contributed by atoms with Crippen molar-refractivity contribution in [3.8, 4) is 0 Å². The molecule has 2 heteroatoms. The minimum absolute atomic E-state index is 0.255. The summed E-state index contributed by atoms with van der Waals surface area (Å²) in [6, 6.07) is 0. The number of methoxy groups -OCH3 is 1. The normalized spacial score (nSPS) is 12.9. The van der Waals surface area contributed by atoms with Gasteiger partial charge in [0.25, 0.3) is 0 Å². The van der Waals surface area contributed by atoms with Gasteiger partial charge >= 0.3 is 0 Å². The van der Waals surface area contributed by atoms with Crippen LogP contribution in [0.3, 0.4) is 0 Å². The fourth-order valence-electron chi connectivity index (χ4n) is 1.97. The number of aliphatic hydroxyl groups excluding tert-OH is 1. The average Bonchev–Trinajstić information content (AvgIpc) is 2.27. The molecular weight excluding hydrogens is 200 g/mol. The van der Waals surface area contributed by atoms with Gasteiger partial charge in [0.05, 0.1) is 12.7 Å². The molecule has 0 radical (unpaired) electrons. The monoisotopic (exact) mass is 230 g/mol. The van der Waals surface area contributed by atoms with Crippen LogP contribution in [0.5, 0.6) is 0 Å². The number of hydrogen-bond donors (Lipinski definition) is 1. The predicted octanol–water partition coefficient (Wildman–Crippen LogP) is 3.91. The third-order valence-electron chi connectivity index (χ3n) is 3.00. The number of unbranched alkanes of at least 4 members (excludes halogenated alkanes) is 8. The molecule has 1 N–H and O–H groups in total. The summed E-state index contributed by atoms with van der Waals surface area (Å²) >= 11 is 0. The Hall–Kier alpha value is -0.0800. The third kappa shape index (κ3) is 12.0. The van der Waals surface area contributed by atoms with Crippen LogP contribution in [-0.4, -0.2) is 24.9 Å². The molecule has 0 saturated heterocycles. The average molecular weight is 230 g/mol. The van der Waals surface area contributed by atoms with Crippen LogP contribution < -0.4 is 0 Å². The lowest BCUT2D eigenvalue weighted by molar-refractivity contribution is 0.0576. The molecule has 0 bridgehead atoms. The smallest absolute Gasteiger partial charge is 0.0773 e. The first-order valence-electron chi connectivity index (χ1n) is 6.98. The molecule has 0 fully saturated rings. The molecule has 0 aliphatic rings. The maximum absolute atomic E-state index is 9.42. The molecular formula is C14H30O2. The van der Waals surface area contributed by atoms with Gasteiger partial charge in [-0.15, -0.1) is 0 Å². The van der Waals surface area contributed by atoms with E-state index in [1.807, 2.05) is 0 Å². The van der Waals surface area contributed by atoms with Gasteiger partial charge in [0, 0.05) is 7.11 Å². The molecule has 0 heterocycles. The molecule has 0 rings (SSSR count). The van der Waals surface area contributed by atoms with Crippen LogP contribution >= 0.6 is 0 Å². The standard InChI is InChI=1S/C14H30O2/c1-3-4-5-6-7-8-9-10-11-12-14(15)13-16-2/h14-15H,3-13H2,1-2H3. The molecule has 16 heavy (non-hydrogen) atoms. The fraction of sp³-hybridized carbons (Fsp3) is 1.00. The van der Waals surface area contributed by atoms with Gasteiger partial charge in [-0.25, -0.2) is 0 Å². The van der Waals surface area contributed by atoms with Crippen LogP contribution in [0.15, 0.2) is 0 Å². The Balaban J connectivity index is 2.98. The summed E-state index contributed by atoms with van der Waals surface area (Å²) < 4.78 is 4.89. The zero-order chi connectivity index (χ0) is 12.1. The Bertz CT molecular complexity index is 126. The van der Waals surface area contributed by atoms with Crippen molar-refractivity contribution in [3.05, 3.63) is 0 Å². The van der Waals surface area contributed by atoms with Crippen LogP contribution in [0.25, 0.3) is 0 Å². The lowest BCUT2D eigenvalue weighted by Gasteiger charge is -2.08. The summed E-state index contributed by atoms with van der Waals surface area (Å²) in [6.07, 6.45) is 12.6. The van der Waals surface area contributed by atoms with Gasteiger partial charge in [-0.05, 0) is 6.42 Å². The van der Waals surface area contributed by atoms with Gasteiger partial charge in [0.2, 0.25) is 0 Å². The van der Waals surface area contributed by atoms with Crippen molar-refractivity contribution < 1.29 is 9.84 Å². The van der Waals surface area contributed by atoms with Crippen molar-refractivity contribution in [2.45, 2.75) is 77.2 Å². The van der Waals surface area contributed by atoms with E-state index in [4.69, 9.17) is 4.74 Å². The molecule has 0 saturated carbocycles. The molecule has 0 aliphatic carbocycles. The van der Waals surface area contributed by atoms with Crippen molar-refractivity contribution in [1.29, 1.82) is 0 Å². The fourth-order valence-corrected chi connectivity index (χ4v) is 1.97. The highest BCUT2D eigenvalue weighted by molar-refractivity contribution is 4.54. The predicted molar refractivity (Wildman–Crippen MR) is 69.7 cm³/mol. The van der Waals surface area contributed by atoms with E-state index in [2.05, 4.69) is 6.92 Å². The van der Waals surface area contributed by atoms with E-state index in [0.717, 1.165) is 12.8 Å². The second-order valence-electron chi connectivity index (χ2n) is 4.73. The molecule has 1 atom stereocenters. The number of ether oxygens (including phenoxy) is 1. The molecule has 0 aromatic carbocycles. The molecule has 0 spiro atoms. The van der Waals surface area contributed by atoms with E-state index in [-0.39, 0.29) is 6.10 Å². The Morgan fingerprint density at radius 1 is 0.875 bits per heavy atom. The maximum atomic E-state index is 9.42. The molecule has 0 aromatic rings. The minimum atomic E-state index is -0.255. The van der Waals surface area contributed by atoms with Gasteiger partial charge in [-0.2, -0.15) is 0 Å². The van der Waals surface area contributed by atoms with Crippen molar-refractivity contribution in [1.82, 2.24) is 0 Å². The van der Waals surface area contributed by atoms with Gasteiger partial charge in [-0.3, -0.25) is 0 Å². The minimum Gasteiger partial charge on any atom is -0.391 e. The van der Waals surface area contributed by atoms with Gasteiger partial charge in [0.1, 0.15) is 0 Å². The van der Waals surface area contributed by atoms with E-state index in [9.17, 15) is 5.11 Å². The van der Waals surface area contributed by atoms with E-state index >= 15 is 0 Å². The van der Waals surface area contributed by atoms with Crippen molar-refractivity contribution in [3.63, 3.8) is 0 Å².